The molecule has 8 aromatic rings. The van der Waals surface area contributed by atoms with Crippen molar-refractivity contribution in [3.63, 3.8) is 0 Å². The normalized spacial score (nSPS) is 17.4. The molecule has 3 heterocycles. The Morgan fingerprint density at radius 1 is 0.466 bits per heavy atom. The van der Waals surface area contributed by atoms with Crippen LogP contribution >= 0.6 is 0 Å². The Morgan fingerprint density at radius 2 is 0.879 bits per heavy atom. The van der Waals surface area contributed by atoms with Gasteiger partial charge in [-0.25, -0.2) is 4.79 Å². The predicted octanol–water partition coefficient (Wildman–Crippen LogP) is 8.81. The van der Waals surface area contributed by atoms with Crippen LogP contribution in [0.25, 0.3) is 55.5 Å². The summed E-state index contributed by atoms with van der Waals surface area (Å²) in [5, 5.41) is 9.10. The van der Waals surface area contributed by atoms with Gasteiger partial charge in [-0.1, -0.05) is 133 Å². The van der Waals surface area contributed by atoms with Crippen LogP contribution < -0.4 is 10.7 Å². The van der Waals surface area contributed by atoms with Crippen LogP contribution in [0, 0.1) is 0 Å². The number of rotatable bonds is 6. The average molecular weight is 757 g/mol. The fraction of sp³-hybridized carbons (Fsp3) is 0.118. The van der Waals surface area contributed by atoms with E-state index < -0.39 is 17.8 Å². The smallest absolute Gasteiger partial charge is 0.334 e. The number of urea groups is 1. The average Bonchev–Trinajstić information content (AvgIpc) is 3.87. The van der Waals surface area contributed by atoms with Crippen LogP contribution in [0.2, 0.25) is 0 Å². The molecule has 10 rings (SSSR count). The lowest BCUT2D eigenvalue weighted by Crippen LogP contribution is -2.55. The van der Waals surface area contributed by atoms with E-state index in [4.69, 9.17) is 0 Å². The Morgan fingerprint density at radius 3 is 1.31 bits per heavy atom. The van der Waals surface area contributed by atoms with Crippen molar-refractivity contribution in [2.45, 2.75) is 25.9 Å². The van der Waals surface area contributed by atoms with Gasteiger partial charge in [0.2, 0.25) is 0 Å². The second-order valence-electron chi connectivity index (χ2n) is 15.3. The third-order valence-electron chi connectivity index (χ3n) is 12.0. The molecular weight excluding hydrogens is 717 g/mol. The van der Waals surface area contributed by atoms with Gasteiger partial charge in [0.05, 0.1) is 13.1 Å². The minimum absolute atomic E-state index is 0.0218. The maximum absolute atomic E-state index is 14.9. The molecule has 1 saturated heterocycles. The molecular formula is C51H40N4O3. The number of carbonyl (C=O) groups excluding carboxylic acids is 3. The highest BCUT2D eigenvalue weighted by molar-refractivity contribution is 6.30. The molecule has 2 aromatic heterocycles. The molecule has 2 fully saturated rings. The summed E-state index contributed by atoms with van der Waals surface area (Å²) in [6, 6.07) is 43.7. The third-order valence-corrected chi connectivity index (χ3v) is 12.0. The van der Waals surface area contributed by atoms with E-state index in [9.17, 15) is 14.4 Å². The van der Waals surface area contributed by atoms with E-state index in [0.717, 1.165) is 54.8 Å². The number of hydrogen-bond donors (Lipinski definition) is 0. The van der Waals surface area contributed by atoms with Gasteiger partial charge in [0.15, 0.2) is 0 Å². The van der Waals surface area contributed by atoms with Gasteiger partial charge >= 0.3 is 6.03 Å². The molecule has 4 amide bonds. The van der Waals surface area contributed by atoms with Gasteiger partial charge in [0.1, 0.15) is 5.57 Å². The molecule has 7 nitrogen and oxygen atoms in total. The number of amides is 4. The van der Waals surface area contributed by atoms with E-state index in [1.165, 1.54) is 31.3 Å². The van der Waals surface area contributed by atoms with E-state index in [-0.39, 0.29) is 18.7 Å². The molecule has 58 heavy (non-hydrogen) atoms. The van der Waals surface area contributed by atoms with Crippen molar-refractivity contribution in [2.75, 3.05) is 0 Å². The Kier molecular flexibility index (Phi) is 8.52. The lowest BCUT2D eigenvalue weighted by Gasteiger charge is -2.35. The van der Waals surface area contributed by atoms with E-state index in [1.54, 1.807) is 0 Å². The van der Waals surface area contributed by atoms with Crippen molar-refractivity contribution >= 4 is 73.3 Å². The first kappa shape index (κ1) is 35.2. The molecule has 0 spiro atoms. The van der Waals surface area contributed by atoms with E-state index in [2.05, 4.69) is 120 Å². The van der Waals surface area contributed by atoms with Crippen LogP contribution in [-0.2, 0) is 36.8 Å². The molecule has 0 radical (unpaired) electrons. The number of nitrogens with zero attached hydrogens (tertiary/aromatic N) is 4. The van der Waals surface area contributed by atoms with Crippen LogP contribution in [0.4, 0.5) is 4.79 Å². The molecule has 0 N–H and O–H groups in total. The molecule has 0 unspecified atom stereocenters. The summed E-state index contributed by atoms with van der Waals surface area (Å²) in [6.45, 7) is 0.0837. The van der Waals surface area contributed by atoms with Crippen molar-refractivity contribution in [3.05, 3.63) is 190 Å². The Balaban J connectivity index is 1.20. The summed E-state index contributed by atoms with van der Waals surface area (Å²) in [5.74, 6) is -1.16. The number of aromatic nitrogens is 2. The standard InChI is InChI=1S/C51H40N4O3/c1-52-41(39-21-9-17-35-19-11-23-43(52)46(35)39)29-27-37-25-26-38(28-30-42-40-22-10-18-36-20-12-24-44(47(36)40)53(42)2)45(37)48-49(56)54(31-33-13-5-3-6-14-33)51(58)55(50(48)57)32-34-15-7-4-8-16-34/h3-24,27-30H,25-26,31-32H2,1-2H3/b37-27-,38-28-,41-29-,42-30-. The Hall–Kier alpha value is -7.25. The summed E-state index contributed by atoms with van der Waals surface area (Å²) in [4.78, 5) is 46.5. The quantitative estimate of drug-likeness (QED) is 0.126. The molecule has 6 aromatic carbocycles. The third kappa shape index (κ3) is 5.69. The Labute approximate surface area is 335 Å². The monoisotopic (exact) mass is 756 g/mol. The summed E-state index contributed by atoms with van der Waals surface area (Å²) >= 11 is 0. The second kappa shape index (κ2) is 14.0. The lowest BCUT2D eigenvalue weighted by molar-refractivity contribution is -0.136. The van der Waals surface area contributed by atoms with Crippen LogP contribution in [0.3, 0.4) is 0 Å². The van der Waals surface area contributed by atoms with Gasteiger partial charge < -0.3 is 9.13 Å². The van der Waals surface area contributed by atoms with Crippen molar-refractivity contribution in [2.24, 2.45) is 14.1 Å². The highest BCUT2D eigenvalue weighted by Gasteiger charge is 2.45. The largest absolute Gasteiger partial charge is 0.344 e. The highest BCUT2D eigenvalue weighted by atomic mass is 16.2. The molecule has 0 bridgehead atoms. The van der Waals surface area contributed by atoms with Crippen molar-refractivity contribution in [1.29, 1.82) is 0 Å². The zero-order valence-electron chi connectivity index (χ0n) is 32.4. The van der Waals surface area contributed by atoms with Crippen molar-refractivity contribution in [1.82, 2.24) is 18.9 Å². The van der Waals surface area contributed by atoms with E-state index in [1.807, 2.05) is 60.7 Å². The maximum Gasteiger partial charge on any atom is 0.334 e. The number of barbiturate groups is 1. The van der Waals surface area contributed by atoms with Gasteiger partial charge in [0.25, 0.3) is 11.8 Å². The number of aryl methyl sites for hydroxylation is 2. The van der Waals surface area contributed by atoms with E-state index in [0.29, 0.717) is 18.4 Å². The first-order valence-electron chi connectivity index (χ1n) is 19.7. The van der Waals surface area contributed by atoms with E-state index >= 15 is 0 Å². The van der Waals surface area contributed by atoms with Gasteiger partial charge in [-0.3, -0.25) is 19.4 Å². The van der Waals surface area contributed by atoms with Gasteiger partial charge in [-0.05, 0) is 75.7 Å². The molecule has 0 atom stereocenters. The van der Waals surface area contributed by atoms with Crippen molar-refractivity contribution < 1.29 is 14.4 Å². The van der Waals surface area contributed by atoms with Crippen LogP contribution in [0.1, 0.15) is 24.0 Å². The fourth-order valence-electron chi connectivity index (χ4n) is 9.10. The highest BCUT2D eigenvalue weighted by Crippen LogP contribution is 2.41. The van der Waals surface area contributed by atoms with Crippen LogP contribution in [0.5, 0.6) is 0 Å². The minimum Gasteiger partial charge on any atom is -0.344 e. The molecule has 1 aliphatic carbocycles. The van der Waals surface area contributed by atoms with Gasteiger partial charge in [-0.15, -0.1) is 0 Å². The van der Waals surface area contributed by atoms with Crippen molar-refractivity contribution in [3.8, 4) is 0 Å². The first-order valence-corrected chi connectivity index (χ1v) is 19.7. The minimum atomic E-state index is -0.623. The topological polar surface area (TPSA) is 67.6 Å². The summed E-state index contributed by atoms with van der Waals surface area (Å²) in [6.07, 6.45) is 9.61. The van der Waals surface area contributed by atoms with Gasteiger partial charge in [0, 0.05) is 57.4 Å². The summed E-state index contributed by atoms with van der Waals surface area (Å²) in [5.41, 5.74) is 6.24. The molecule has 7 heteroatoms. The number of hydrogen-bond acceptors (Lipinski definition) is 3. The first-order chi connectivity index (χ1) is 28.4. The SMILES string of the molecule is Cn1/c(=C\C=C2\CC/C(=C/C=c3/c4cccc5cccc(c54)n3C)C2=C2C(=O)N(Cc3ccccc3)C(=O)N(Cc3ccccc3)C2=O)c2cccc3cccc1c32. The predicted molar refractivity (Wildman–Crippen MR) is 232 cm³/mol. The summed E-state index contributed by atoms with van der Waals surface area (Å²) < 4.78 is 4.40. The Bertz CT molecular complexity index is 2980. The number of carbonyl (C=O) groups is 3. The summed E-state index contributed by atoms with van der Waals surface area (Å²) in [7, 11) is 4.15. The number of imide groups is 2. The molecule has 282 valence electrons. The second-order valence-corrected chi connectivity index (χ2v) is 15.3. The zero-order valence-corrected chi connectivity index (χ0v) is 32.4. The fourth-order valence-corrected chi connectivity index (χ4v) is 9.10. The van der Waals surface area contributed by atoms with Gasteiger partial charge in [-0.2, -0.15) is 0 Å². The van der Waals surface area contributed by atoms with Crippen LogP contribution in [-0.4, -0.2) is 36.8 Å². The lowest BCUT2D eigenvalue weighted by atomic mass is 9.94. The number of benzene rings is 6. The zero-order chi connectivity index (χ0) is 39.5. The molecule has 1 aliphatic heterocycles. The maximum atomic E-state index is 14.9. The number of allylic oxidation sites excluding steroid dienone is 5. The molecule has 1 saturated carbocycles. The molecule has 2 aliphatic rings. The van der Waals surface area contributed by atoms with Crippen LogP contribution in [0.15, 0.2) is 168 Å².